The van der Waals surface area contributed by atoms with Crippen LogP contribution in [-0.2, 0) is 9.53 Å². The lowest BCUT2D eigenvalue weighted by molar-refractivity contribution is -0.139. The van der Waals surface area contributed by atoms with E-state index in [2.05, 4.69) is 10.2 Å². The highest BCUT2D eigenvalue weighted by Crippen LogP contribution is 2.34. The number of hydrogen-bond donors (Lipinski definition) is 1. The van der Waals surface area contributed by atoms with Gasteiger partial charge in [0.15, 0.2) is 0 Å². The molecule has 2 fully saturated rings. The summed E-state index contributed by atoms with van der Waals surface area (Å²) in [6.07, 6.45) is 5.21. The Balaban J connectivity index is 2.11. The van der Waals surface area contributed by atoms with E-state index in [0.29, 0.717) is 13.2 Å². The van der Waals surface area contributed by atoms with E-state index in [1.165, 1.54) is 6.42 Å². The van der Waals surface area contributed by atoms with Crippen LogP contribution >= 0.6 is 0 Å². The number of nitrogens with zero attached hydrogens (tertiary/aromatic N) is 2. The number of amides is 1. The molecule has 1 saturated heterocycles. The topological polar surface area (TPSA) is 65.4 Å². The van der Waals surface area contributed by atoms with Crippen LogP contribution in [0.4, 0.5) is 0 Å². The summed E-state index contributed by atoms with van der Waals surface area (Å²) in [5.74, 6) is 0.0330. The first kappa shape index (κ1) is 13.3. The Bertz CT molecular complexity index is 326. The monoisotopic (exact) mass is 251 g/mol. The molecule has 0 atom stereocenters. The fourth-order valence-electron chi connectivity index (χ4n) is 3.10. The highest BCUT2D eigenvalue weighted by Gasteiger charge is 2.44. The van der Waals surface area contributed by atoms with E-state index in [4.69, 9.17) is 10.00 Å². The third-order valence-electron chi connectivity index (χ3n) is 4.05. The minimum Gasteiger partial charge on any atom is -0.379 e. The molecule has 0 unspecified atom stereocenters. The summed E-state index contributed by atoms with van der Waals surface area (Å²) in [7, 11) is 0. The molecule has 0 radical (unpaired) electrons. The number of carbonyl (C=O) groups is 1. The van der Waals surface area contributed by atoms with Crippen molar-refractivity contribution in [3.05, 3.63) is 0 Å². The minimum absolute atomic E-state index is 0.0330. The van der Waals surface area contributed by atoms with Gasteiger partial charge in [0.1, 0.15) is 12.1 Å². The lowest BCUT2D eigenvalue weighted by Crippen LogP contribution is -2.62. The Labute approximate surface area is 108 Å². The molecule has 1 aliphatic carbocycles. The van der Waals surface area contributed by atoms with Gasteiger partial charge in [-0.05, 0) is 12.8 Å². The number of hydrogen-bond acceptors (Lipinski definition) is 4. The number of carbonyl (C=O) groups excluding carboxylic acids is 1. The van der Waals surface area contributed by atoms with Crippen LogP contribution < -0.4 is 5.32 Å². The summed E-state index contributed by atoms with van der Waals surface area (Å²) >= 11 is 0. The summed E-state index contributed by atoms with van der Waals surface area (Å²) in [6.45, 7) is 3.14. The van der Waals surface area contributed by atoms with Crippen molar-refractivity contribution < 1.29 is 9.53 Å². The van der Waals surface area contributed by atoms with Crippen LogP contribution in [0.15, 0.2) is 0 Å². The van der Waals surface area contributed by atoms with Crippen molar-refractivity contribution in [2.75, 3.05) is 32.8 Å². The molecule has 0 spiro atoms. The number of nitrogens with one attached hydrogen (secondary N) is 1. The number of morpholine rings is 1. The predicted octanol–water partition coefficient (Wildman–Crippen LogP) is 0.661. The highest BCUT2D eigenvalue weighted by molar-refractivity contribution is 5.86. The minimum atomic E-state index is -0.390. The Kier molecular flexibility index (Phi) is 4.56. The molecule has 0 aromatic heterocycles. The average molecular weight is 251 g/mol. The number of ether oxygens (including phenoxy) is 1. The van der Waals surface area contributed by atoms with Gasteiger partial charge in [0.2, 0.25) is 5.91 Å². The van der Waals surface area contributed by atoms with Gasteiger partial charge in [-0.3, -0.25) is 9.69 Å². The summed E-state index contributed by atoms with van der Waals surface area (Å²) in [5.41, 5.74) is -0.390. The molecule has 1 N–H and O–H groups in total. The van der Waals surface area contributed by atoms with Crippen molar-refractivity contribution >= 4 is 5.91 Å². The zero-order valence-electron chi connectivity index (χ0n) is 10.8. The lowest BCUT2D eigenvalue weighted by atomic mass is 9.79. The maximum atomic E-state index is 12.4. The quantitative estimate of drug-likeness (QED) is 0.748. The molecule has 5 nitrogen and oxygen atoms in total. The molecular weight excluding hydrogens is 230 g/mol. The van der Waals surface area contributed by atoms with Crippen LogP contribution in [0.1, 0.15) is 32.1 Å². The van der Waals surface area contributed by atoms with Crippen molar-refractivity contribution in [3.8, 4) is 6.07 Å². The van der Waals surface area contributed by atoms with Crippen LogP contribution in [-0.4, -0.2) is 49.2 Å². The van der Waals surface area contributed by atoms with Gasteiger partial charge in [-0.1, -0.05) is 19.3 Å². The highest BCUT2D eigenvalue weighted by atomic mass is 16.5. The van der Waals surface area contributed by atoms with Crippen molar-refractivity contribution in [2.45, 2.75) is 37.6 Å². The van der Waals surface area contributed by atoms with Gasteiger partial charge in [-0.25, -0.2) is 0 Å². The molecule has 100 valence electrons. The molecule has 1 heterocycles. The first-order valence-electron chi connectivity index (χ1n) is 6.78. The zero-order valence-corrected chi connectivity index (χ0v) is 10.8. The van der Waals surface area contributed by atoms with Crippen molar-refractivity contribution in [3.63, 3.8) is 0 Å². The SMILES string of the molecule is N#CCNC(=O)C1(N2CCOCC2)CCCCC1. The summed E-state index contributed by atoms with van der Waals surface area (Å²) in [6, 6.07) is 1.98. The second-order valence-corrected chi connectivity index (χ2v) is 5.03. The molecular formula is C13H21N3O2. The summed E-state index contributed by atoms with van der Waals surface area (Å²) in [5, 5.41) is 11.4. The van der Waals surface area contributed by atoms with Gasteiger partial charge in [0.05, 0.1) is 19.3 Å². The lowest BCUT2D eigenvalue weighted by Gasteiger charge is -2.46. The normalized spacial score (nSPS) is 24.2. The van der Waals surface area contributed by atoms with E-state index in [-0.39, 0.29) is 18.0 Å². The van der Waals surface area contributed by atoms with Gasteiger partial charge in [0, 0.05) is 13.1 Å². The Morgan fingerprint density at radius 3 is 2.56 bits per heavy atom. The van der Waals surface area contributed by atoms with Crippen LogP contribution in [0, 0.1) is 11.3 Å². The van der Waals surface area contributed by atoms with Crippen molar-refractivity contribution in [2.24, 2.45) is 0 Å². The second-order valence-electron chi connectivity index (χ2n) is 5.03. The van der Waals surface area contributed by atoms with E-state index < -0.39 is 0 Å². The van der Waals surface area contributed by atoms with Crippen LogP contribution in [0.2, 0.25) is 0 Å². The van der Waals surface area contributed by atoms with Crippen LogP contribution in [0.25, 0.3) is 0 Å². The average Bonchev–Trinajstić information content (AvgIpc) is 2.46. The smallest absolute Gasteiger partial charge is 0.241 e. The third-order valence-corrected chi connectivity index (χ3v) is 4.05. The Hall–Kier alpha value is -1.12. The maximum Gasteiger partial charge on any atom is 0.241 e. The molecule has 5 heteroatoms. The maximum absolute atomic E-state index is 12.4. The molecule has 0 aromatic rings. The van der Waals surface area contributed by atoms with E-state index in [1.807, 2.05) is 6.07 Å². The fraction of sp³-hybridized carbons (Fsp3) is 0.846. The largest absolute Gasteiger partial charge is 0.379 e. The molecule has 18 heavy (non-hydrogen) atoms. The van der Waals surface area contributed by atoms with Crippen molar-refractivity contribution in [1.29, 1.82) is 5.26 Å². The third kappa shape index (κ3) is 2.65. The van der Waals surface area contributed by atoms with Gasteiger partial charge in [-0.2, -0.15) is 5.26 Å². The first-order valence-corrected chi connectivity index (χ1v) is 6.78. The van der Waals surface area contributed by atoms with Gasteiger partial charge < -0.3 is 10.1 Å². The Morgan fingerprint density at radius 1 is 1.28 bits per heavy atom. The zero-order chi connectivity index (χ0) is 12.8. The van der Waals surface area contributed by atoms with E-state index in [9.17, 15) is 4.79 Å². The number of nitriles is 1. The van der Waals surface area contributed by atoms with Gasteiger partial charge >= 0.3 is 0 Å². The molecule has 0 bridgehead atoms. The molecule has 2 rings (SSSR count). The summed E-state index contributed by atoms with van der Waals surface area (Å²) in [4.78, 5) is 14.7. The van der Waals surface area contributed by atoms with Crippen molar-refractivity contribution in [1.82, 2.24) is 10.2 Å². The molecule has 2 aliphatic rings. The fourth-order valence-corrected chi connectivity index (χ4v) is 3.10. The van der Waals surface area contributed by atoms with Gasteiger partial charge in [0.25, 0.3) is 0 Å². The molecule has 0 aromatic carbocycles. The van der Waals surface area contributed by atoms with Crippen LogP contribution in [0.3, 0.4) is 0 Å². The van der Waals surface area contributed by atoms with Crippen LogP contribution in [0.5, 0.6) is 0 Å². The summed E-state index contributed by atoms with van der Waals surface area (Å²) < 4.78 is 5.37. The molecule has 1 aliphatic heterocycles. The predicted molar refractivity (Wildman–Crippen MR) is 66.8 cm³/mol. The van der Waals surface area contributed by atoms with E-state index >= 15 is 0 Å². The Morgan fingerprint density at radius 2 is 1.94 bits per heavy atom. The molecule has 1 saturated carbocycles. The number of rotatable bonds is 3. The second kappa shape index (κ2) is 6.17. The first-order chi connectivity index (χ1) is 8.79. The van der Waals surface area contributed by atoms with E-state index in [1.54, 1.807) is 0 Å². The van der Waals surface area contributed by atoms with E-state index in [0.717, 1.165) is 38.8 Å². The standard InChI is InChI=1S/C13H21N3O2/c14-6-7-15-12(17)13(4-2-1-3-5-13)16-8-10-18-11-9-16/h1-5,7-11H2,(H,15,17). The molecule has 1 amide bonds. The van der Waals surface area contributed by atoms with Gasteiger partial charge in [-0.15, -0.1) is 0 Å².